The number of hydrogen-bond donors (Lipinski definition) is 2. The lowest BCUT2D eigenvalue weighted by molar-refractivity contribution is 0.0995. The van der Waals surface area contributed by atoms with E-state index >= 15 is 0 Å². The van der Waals surface area contributed by atoms with E-state index in [2.05, 4.69) is 9.82 Å². The average Bonchev–Trinajstić information content (AvgIpc) is 3.17. The molecule has 0 radical (unpaired) electrons. The SMILES string of the molecule is NC(=O)c1ccn(-c2ccc(NS(=O)(=O)c3ccc(Cl)s3)cc2)n1. The quantitative estimate of drug-likeness (QED) is 0.706. The largest absolute Gasteiger partial charge is 0.364 e. The highest BCUT2D eigenvalue weighted by atomic mass is 35.5. The molecule has 0 saturated heterocycles. The Labute approximate surface area is 146 Å². The molecule has 0 aliphatic heterocycles. The van der Waals surface area contributed by atoms with Crippen LogP contribution in [-0.4, -0.2) is 24.1 Å². The summed E-state index contributed by atoms with van der Waals surface area (Å²) in [6, 6.07) is 11.0. The summed E-state index contributed by atoms with van der Waals surface area (Å²) in [5.41, 5.74) is 6.35. The minimum Gasteiger partial charge on any atom is -0.364 e. The Morgan fingerprint density at radius 2 is 1.88 bits per heavy atom. The summed E-state index contributed by atoms with van der Waals surface area (Å²) in [5.74, 6) is -0.618. The summed E-state index contributed by atoms with van der Waals surface area (Å²) in [4.78, 5) is 11.1. The first-order valence-electron chi connectivity index (χ1n) is 6.59. The van der Waals surface area contributed by atoms with E-state index in [1.54, 1.807) is 30.5 Å². The number of benzene rings is 1. The van der Waals surface area contributed by atoms with Crippen molar-refractivity contribution in [3.05, 3.63) is 58.7 Å². The monoisotopic (exact) mass is 382 g/mol. The van der Waals surface area contributed by atoms with Crippen molar-refractivity contribution in [1.29, 1.82) is 0 Å². The predicted molar refractivity (Wildman–Crippen MR) is 92.2 cm³/mol. The van der Waals surface area contributed by atoms with Gasteiger partial charge < -0.3 is 5.73 Å². The Morgan fingerprint density at radius 3 is 2.42 bits per heavy atom. The van der Waals surface area contributed by atoms with Crippen molar-refractivity contribution in [3.8, 4) is 5.69 Å². The number of halogens is 1. The van der Waals surface area contributed by atoms with Crippen LogP contribution in [0.25, 0.3) is 5.69 Å². The topological polar surface area (TPSA) is 107 Å². The second-order valence-corrected chi connectivity index (χ2v) is 8.35. The molecule has 1 amide bonds. The van der Waals surface area contributed by atoms with Crippen LogP contribution in [0.4, 0.5) is 5.69 Å². The molecule has 2 aromatic heterocycles. The Hall–Kier alpha value is -2.36. The summed E-state index contributed by atoms with van der Waals surface area (Å²) >= 11 is 6.74. The van der Waals surface area contributed by atoms with Crippen molar-refractivity contribution in [1.82, 2.24) is 9.78 Å². The lowest BCUT2D eigenvalue weighted by Gasteiger charge is -2.07. The number of nitrogens with two attached hydrogens (primary N) is 1. The standard InChI is InChI=1S/C14H11ClN4O3S2/c15-12-5-6-13(23-12)24(21,22)18-9-1-3-10(4-2-9)19-8-7-11(17-19)14(16)20/h1-8,18H,(H2,16,20). The highest BCUT2D eigenvalue weighted by Crippen LogP contribution is 2.27. The van der Waals surface area contributed by atoms with E-state index < -0.39 is 15.9 Å². The van der Waals surface area contributed by atoms with Crippen molar-refractivity contribution in [2.75, 3.05) is 4.72 Å². The van der Waals surface area contributed by atoms with Gasteiger partial charge in [-0.1, -0.05) is 11.6 Å². The zero-order chi connectivity index (χ0) is 17.3. The summed E-state index contributed by atoms with van der Waals surface area (Å²) in [5, 5.41) is 4.03. The van der Waals surface area contributed by atoms with Gasteiger partial charge in [-0.05, 0) is 42.5 Å². The second kappa shape index (κ2) is 6.27. The number of nitrogens with zero attached hydrogens (tertiary/aromatic N) is 2. The fourth-order valence-electron chi connectivity index (χ4n) is 1.93. The molecule has 1 aromatic carbocycles. The van der Waals surface area contributed by atoms with Crippen molar-refractivity contribution in [2.45, 2.75) is 4.21 Å². The molecular formula is C14H11ClN4O3S2. The van der Waals surface area contributed by atoms with Crippen LogP contribution in [0.15, 0.2) is 52.9 Å². The minimum absolute atomic E-state index is 0.134. The van der Waals surface area contributed by atoms with Crippen LogP contribution in [0.3, 0.4) is 0 Å². The molecule has 0 atom stereocenters. The van der Waals surface area contributed by atoms with Gasteiger partial charge in [0.1, 0.15) is 9.90 Å². The maximum Gasteiger partial charge on any atom is 0.271 e. The van der Waals surface area contributed by atoms with Crippen molar-refractivity contribution in [3.63, 3.8) is 0 Å². The van der Waals surface area contributed by atoms with Crippen LogP contribution in [0.5, 0.6) is 0 Å². The van der Waals surface area contributed by atoms with Crippen LogP contribution in [0, 0.1) is 0 Å². The van der Waals surface area contributed by atoms with Gasteiger partial charge in [0.2, 0.25) is 0 Å². The molecule has 0 aliphatic rings. The maximum absolute atomic E-state index is 12.2. The summed E-state index contributed by atoms with van der Waals surface area (Å²) in [6.45, 7) is 0. The minimum atomic E-state index is -3.68. The molecule has 0 bridgehead atoms. The van der Waals surface area contributed by atoms with Gasteiger partial charge in [-0.3, -0.25) is 9.52 Å². The number of carbonyl (C=O) groups excluding carboxylic acids is 1. The second-order valence-electron chi connectivity index (χ2n) is 4.72. The molecule has 0 spiro atoms. The van der Waals surface area contributed by atoms with Crippen molar-refractivity contribution in [2.24, 2.45) is 5.73 Å². The molecule has 3 rings (SSSR count). The Bertz CT molecular complexity index is 993. The molecule has 3 N–H and O–H groups in total. The summed E-state index contributed by atoms with van der Waals surface area (Å²) in [6.07, 6.45) is 1.59. The van der Waals surface area contributed by atoms with Gasteiger partial charge in [-0.2, -0.15) is 5.10 Å². The van der Waals surface area contributed by atoms with E-state index in [0.717, 1.165) is 11.3 Å². The molecule has 0 aliphatic carbocycles. The van der Waals surface area contributed by atoms with E-state index in [9.17, 15) is 13.2 Å². The number of nitrogens with one attached hydrogen (secondary N) is 1. The van der Waals surface area contributed by atoms with Gasteiger partial charge >= 0.3 is 0 Å². The molecular weight excluding hydrogens is 372 g/mol. The number of amides is 1. The molecule has 24 heavy (non-hydrogen) atoms. The van der Waals surface area contributed by atoms with Gasteiger partial charge in [0.25, 0.3) is 15.9 Å². The van der Waals surface area contributed by atoms with E-state index in [-0.39, 0.29) is 9.90 Å². The van der Waals surface area contributed by atoms with Gasteiger partial charge in [0.05, 0.1) is 10.0 Å². The average molecular weight is 383 g/mol. The number of anilines is 1. The number of sulfonamides is 1. The first kappa shape index (κ1) is 16.5. The molecule has 0 fully saturated rings. The molecule has 0 saturated carbocycles. The van der Waals surface area contributed by atoms with Crippen LogP contribution < -0.4 is 10.5 Å². The molecule has 10 heteroatoms. The Morgan fingerprint density at radius 1 is 1.17 bits per heavy atom. The van der Waals surface area contributed by atoms with E-state index in [1.807, 2.05) is 0 Å². The normalized spacial score (nSPS) is 11.4. The number of primary amides is 1. The third-order valence-electron chi connectivity index (χ3n) is 3.04. The smallest absolute Gasteiger partial charge is 0.271 e. The van der Waals surface area contributed by atoms with Crippen LogP contribution in [0.2, 0.25) is 4.34 Å². The van der Waals surface area contributed by atoms with Crippen LogP contribution in [0.1, 0.15) is 10.5 Å². The van der Waals surface area contributed by atoms with Gasteiger partial charge in [-0.15, -0.1) is 11.3 Å². The van der Waals surface area contributed by atoms with E-state index in [1.165, 1.54) is 22.9 Å². The lowest BCUT2D eigenvalue weighted by Crippen LogP contribution is -2.12. The highest BCUT2D eigenvalue weighted by molar-refractivity contribution is 7.94. The first-order chi connectivity index (χ1) is 11.3. The molecule has 3 aromatic rings. The van der Waals surface area contributed by atoms with Gasteiger partial charge in [0.15, 0.2) is 0 Å². The van der Waals surface area contributed by atoms with Crippen molar-refractivity contribution >= 4 is 44.6 Å². The van der Waals surface area contributed by atoms with E-state index in [4.69, 9.17) is 17.3 Å². The molecule has 2 heterocycles. The molecule has 0 unspecified atom stereocenters. The lowest BCUT2D eigenvalue weighted by atomic mass is 10.3. The zero-order valence-electron chi connectivity index (χ0n) is 12.0. The zero-order valence-corrected chi connectivity index (χ0v) is 14.4. The highest BCUT2D eigenvalue weighted by Gasteiger charge is 2.16. The van der Waals surface area contributed by atoms with Crippen LogP contribution >= 0.6 is 22.9 Å². The predicted octanol–water partition coefficient (Wildman–Crippen LogP) is 2.49. The molecule has 124 valence electrons. The summed E-state index contributed by atoms with van der Waals surface area (Å²) < 4.78 is 28.9. The fourth-order valence-corrected chi connectivity index (χ4v) is 4.47. The van der Waals surface area contributed by atoms with Crippen LogP contribution in [-0.2, 0) is 10.0 Å². The number of thiophene rings is 1. The van der Waals surface area contributed by atoms with E-state index in [0.29, 0.717) is 15.7 Å². The number of carbonyl (C=O) groups is 1. The molecule has 7 nitrogen and oxygen atoms in total. The Kier molecular flexibility index (Phi) is 4.31. The number of aromatic nitrogens is 2. The van der Waals surface area contributed by atoms with Gasteiger partial charge in [-0.25, -0.2) is 13.1 Å². The van der Waals surface area contributed by atoms with Gasteiger partial charge in [0, 0.05) is 11.9 Å². The third kappa shape index (κ3) is 3.42. The Balaban J connectivity index is 1.80. The number of hydrogen-bond acceptors (Lipinski definition) is 5. The fraction of sp³-hybridized carbons (Fsp3) is 0. The van der Waals surface area contributed by atoms with Crippen molar-refractivity contribution < 1.29 is 13.2 Å². The first-order valence-corrected chi connectivity index (χ1v) is 9.27. The summed E-state index contributed by atoms with van der Waals surface area (Å²) in [7, 11) is -3.68. The maximum atomic E-state index is 12.2. The third-order valence-corrected chi connectivity index (χ3v) is 6.14. The number of rotatable bonds is 5.